The Hall–Kier alpha value is -1.83. The van der Waals surface area contributed by atoms with E-state index in [-0.39, 0.29) is 24.0 Å². The zero-order valence-corrected chi connectivity index (χ0v) is 16.9. The van der Waals surface area contributed by atoms with Gasteiger partial charge in [0, 0.05) is 38.9 Å². The Kier molecular flexibility index (Phi) is 8.53. The van der Waals surface area contributed by atoms with Crippen molar-refractivity contribution in [2.45, 2.75) is 20.0 Å². The number of aliphatic imine (C=N–C) groups is 1. The Labute approximate surface area is 161 Å². The maximum atomic E-state index is 5.28. The molecular formula is C18H25IN4O. The molecule has 5 nitrogen and oxygen atoms in total. The lowest BCUT2D eigenvalue weighted by molar-refractivity contribution is 0.391. The van der Waals surface area contributed by atoms with Gasteiger partial charge in [-0.05, 0) is 24.1 Å². The highest BCUT2D eigenvalue weighted by Gasteiger charge is 2.09. The predicted molar refractivity (Wildman–Crippen MR) is 109 cm³/mol. The van der Waals surface area contributed by atoms with Crippen molar-refractivity contribution in [3.63, 3.8) is 0 Å². The molecule has 0 amide bonds. The maximum Gasteiger partial charge on any atom is 0.218 e. The summed E-state index contributed by atoms with van der Waals surface area (Å²) in [5.41, 5.74) is 3.57. The van der Waals surface area contributed by atoms with Crippen molar-refractivity contribution in [3.05, 3.63) is 59.3 Å². The van der Waals surface area contributed by atoms with Gasteiger partial charge in [0.05, 0.1) is 7.11 Å². The number of guanidine groups is 1. The van der Waals surface area contributed by atoms with Gasteiger partial charge in [0.2, 0.25) is 5.88 Å². The van der Waals surface area contributed by atoms with Gasteiger partial charge in [-0.15, -0.1) is 24.0 Å². The van der Waals surface area contributed by atoms with Crippen LogP contribution in [0.2, 0.25) is 0 Å². The third-order valence-corrected chi connectivity index (χ3v) is 3.72. The number of hydrogen-bond donors (Lipinski definition) is 1. The Morgan fingerprint density at radius 3 is 2.58 bits per heavy atom. The summed E-state index contributed by atoms with van der Waals surface area (Å²) >= 11 is 0. The minimum atomic E-state index is 0. The number of benzene rings is 1. The molecule has 0 spiro atoms. The van der Waals surface area contributed by atoms with Gasteiger partial charge in [-0.1, -0.05) is 30.3 Å². The average molecular weight is 440 g/mol. The number of pyridine rings is 1. The van der Waals surface area contributed by atoms with Crippen LogP contribution in [0.1, 0.15) is 16.7 Å². The first-order chi connectivity index (χ1) is 11.2. The quantitative estimate of drug-likeness (QED) is 0.441. The van der Waals surface area contributed by atoms with Crippen molar-refractivity contribution in [3.8, 4) is 5.88 Å². The molecule has 0 atom stereocenters. The first-order valence-corrected chi connectivity index (χ1v) is 7.60. The number of ether oxygens (including phenoxy) is 1. The molecule has 0 unspecified atom stereocenters. The molecule has 2 aromatic rings. The zero-order chi connectivity index (χ0) is 16.7. The number of aromatic nitrogens is 1. The maximum absolute atomic E-state index is 5.28. The first kappa shape index (κ1) is 20.2. The molecular weight excluding hydrogens is 415 g/mol. The van der Waals surface area contributed by atoms with Gasteiger partial charge in [0.1, 0.15) is 0 Å². The molecule has 6 heteroatoms. The molecule has 130 valence electrons. The molecule has 2 rings (SSSR count). The van der Waals surface area contributed by atoms with Crippen molar-refractivity contribution in [1.29, 1.82) is 0 Å². The molecule has 1 aromatic heterocycles. The van der Waals surface area contributed by atoms with E-state index in [9.17, 15) is 0 Å². The molecule has 0 aliphatic heterocycles. The van der Waals surface area contributed by atoms with Crippen LogP contribution in [0.5, 0.6) is 5.88 Å². The van der Waals surface area contributed by atoms with Crippen LogP contribution in [-0.2, 0) is 13.1 Å². The van der Waals surface area contributed by atoms with E-state index in [4.69, 9.17) is 4.74 Å². The fraction of sp³-hybridized carbons (Fsp3) is 0.333. The van der Waals surface area contributed by atoms with Gasteiger partial charge in [-0.25, -0.2) is 4.98 Å². The van der Waals surface area contributed by atoms with Crippen LogP contribution >= 0.6 is 24.0 Å². The van der Waals surface area contributed by atoms with E-state index in [2.05, 4.69) is 51.4 Å². The predicted octanol–water partition coefficient (Wildman–Crippen LogP) is 3.22. The highest BCUT2D eigenvalue weighted by atomic mass is 127. The van der Waals surface area contributed by atoms with Crippen molar-refractivity contribution in [1.82, 2.24) is 15.2 Å². The van der Waals surface area contributed by atoms with E-state index in [0.29, 0.717) is 12.4 Å². The van der Waals surface area contributed by atoms with Gasteiger partial charge < -0.3 is 15.0 Å². The van der Waals surface area contributed by atoms with Crippen LogP contribution in [0.25, 0.3) is 0 Å². The summed E-state index contributed by atoms with van der Waals surface area (Å²) < 4.78 is 5.28. The lowest BCUT2D eigenvalue weighted by atomic mass is 10.1. The molecule has 0 bridgehead atoms. The zero-order valence-electron chi connectivity index (χ0n) is 14.6. The number of methoxy groups -OCH3 is 1. The van der Waals surface area contributed by atoms with E-state index in [1.807, 2.05) is 19.2 Å². The molecule has 1 aromatic carbocycles. The van der Waals surface area contributed by atoms with E-state index >= 15 is 0 Å². The third kappa shape index (κ3) is 5.36. The van der Waals surface area contributed by atoms with Gasteiger partial charge >= 0.3 is 0 Å². The van der Waals surface area contributed by atoms with Crippen LogP contribution < -0.4 is 10.1 Å². The fourth-order valence-corrected chi connectivity index (χ4v) is 2.42. The molecule has 0 saturated carbocycles. The van der Waals surface area contributed by atoms with Gasteiger partial charge in [0.15, 0.2) is 5.96 Å². The molecule has 0 radical (unpaired) electrons. The second-order valence-corrected chi connectivity index (χ2v) is 5.36. The molecule has 0 saturated heterocycles. The largest absolute Gasteiger partial charge is 0.481 e. The number of halogens is 1. The smallest absolute Gasteiger partial charge is 0.218 e. The molecule has 0 aliphatic carbocycles. The van der Waals surface area contributed by atoms with Crippen molar-refractivity contribution in [2.24, 2.45) is 4.99 Å². The highest BCUT2D eigenvalue weighted by molar-refractivity contribution is 14.0. The minimum Gasteiger partial charge on any atom is -0.481 e. The van der Waals surface area contributed by atoms with Crippen LogP contribution in [-0.4, -0.2) is 37.0 Å². The van der Waals surface area contributed by atoms with E-state index in [1.165, 1.54) is 11.1 Å². The summed E-state index contributed by atoms with van der Waals surface area (Å²) in [6.45, 7) is 3.54. The SMILES string of the molecule is CN=C(NCc1cccnc1OC)N(C)Cc1ccccc1C.I. The van der Waals surface area contributed by atoms with Crippen LogP contribution in [0.4, 0.5) is 0 Å². The Balaban J connectivity index is 0.00000288. The molecule has 24 heavy (non-hydrogen) atoms. The minimum absolute atomic E-state index is 0. The normalized spacial score (nSPS) is 10.8. The van der Waals surface area contributed by atoms with Crippen molar-refractivity contribution in [2.75, 3.05) is 21.2 Å². The van der Waals surface area contributed by atoms with Gasteiger partial charge in [-0.2, -0.15) is 0 Å². The number of rotatable bonds is 5. The van der Waals surface area contributed by atoms with E-state index in [1.54, 1.807) is 20.4 Å². The lowest BCUT2D eigenvalue weighted by Crippen LogP contribution is -2.38. The summed E-state index contributed by atoms with van der Waals surface area (Å²) in [5, 5.41) is 3.36. The average Bonchev–Trinajstić information content (AvgIpc) is 2.58. The van der Waals surface area contributed by atoms with E-state index in [0.717, 1.165) is 18.1 Å². The summed E-state index contributed by atoms with van der Waals surface area (Å²) in [6.07, 6.45) is 1.72. The molecule has 0 fully saturated rings. The van der Waals surface area contributed by atoms with E-state index < -0.39 is 0 Å². The van der Waals surface area contributed by atoms with Crippen molar-refractivity contribution >= 4 is 29.9 Å². The van der Waals surface area contributed by atoms with Crippen molar-refractivity contribution < 1.29 is 4.74 Å². The Bertz CT molecular complexity index is 676. The van der Waals surface area contributed by atoms with Gasteiger partial charge in [-0.3, -0.25) is 4.99 Å². The molecule has 1 N–H and O–H groups in total. The molecule has 1 heterocycles. The Morgan fingerprint density at radius 2 is 1.92 bits per heavy atom. The highest BCUT2D eigenvalue weighted by Crippen LogP contribution is 2.13. The second-order valence-electron chi connectivity index (χ2n) is 5.36. The molecule has 0 aliphatic rings. The Morgan fingerprint density at radius 1 is 1.21 bits per heavy atom. The van der Waals surface area contributed by atoms with Crippen LogP contribution in [0.3, 0.4) is 0 Å². The standard InChI is InChI=1S/C18H24N4O.HI/c1-14-8-5-6-9-16(14)13-22(3)18(19-2)21-12-15-10-7-11-20-17(15)23-4;/h5-11H,12-13H2,1-4H3,(H,19,21);1H. The second kappa shape index (κ2) is 10.1. The monoisotopic (exact) mass is 440 g/mol. The fourth-order valence-electron chi connectivity index (χ4n) is 2.42. The van der Waals surface area contributed by atoms with Gasteiger partial charge in [0.25, 0.3) is 0 Å². The first-order valence-electron chi connectivity index (χ1n) is 7.60. The summed E-state index contributed by atoms with van der Waals surface area (Å²) in [7, 11) is 5.45. The number of nitrogens with one attached hydrogen (secondary N) is 1. The van der Waals surface area contributed by atoms with Crippen LogP contribution in [0, 0.1) is 6.92 Å². The summed E-state index contributed by atoms with van der Waals surface area (Å²) in [4.78, 5) is 10.7. The summed E-state index contributed by atoms with van der Waals surface area (Å²) in [6, 6.07) is 12.3. The summed E-state index contributed by atoms with van der Waals surface area (Å²) in [5.74, 6) is 1.47. The number of aryl methyl sites for hydroxylation is 1. The topological polar surface area (TPSA) is 49.8 Å². The number of nitrogens with zero attached hydrogens (tertiary/aromatic N) is 3. The lowest BCUT2D eigenvalue weighted by Gasteiger charge is -2.23. The number of hydrogen-bond acceptors (Lipinski definition) is 3. The van der Waals surface area contributed by atoms with Crippen LogP contribution in [0.15, 0.2) is 47.6 Å². The third-order valence-electron chi connectivity index (χ3n) is 3.72.